The highest BCUT2D eigenvalue weighted by atomic mass is 32.1. The van der Waals surface area contributed by atoms with Crippen LogP contribution in [0.5, 0.6) is 0 Å². The van der Waals surface area contributed by atoms with Gasteiger partial charge in [0.05, 0.1) is 10.7 Å². The topological polar surface area (TPSA) is 42.0 Å². The van der Waals surface area contributed by atoms with E-state index in [1.807, 2.05) is 6.92 Å². The Morgan fingerprint density at radius 3 is 2.64 bits per heavy atom. The average Bonchev–Trinajstić information content (AvgIpc) is 2.95. The first-order chi connectivity index (χ1) is 10.7. The van der Waals surface area contributed by atoms with E-state index >= 15 is 0 Å². The SMILES string of the molecule is CCCCCC(=O)NCCc1ccc(-c2csc(C)n2)cc1. The Hall–Kier alpha value is -1.68. The van der Waals surface area contributed by atoms with Crippen molar-refractivity contribution in [2.75, 3.05) is 6.54 Å². The molecule has 118 valence electrons. The number of nitrogens with zero attached hydrogens (tertiary/aromatic N) is 1. The van der Waals surface area contributed by atoms with Crippen LogP contribution in [0.2, 0.25) is 0 Å². The predicted octanol–water partition coefficient (Wildman–Crippen LogP) is 4.36. The van der Waals surface area contributed by atoms with Gasteiger partial charge < -0.3 is 5.32 Å². The van der Waals surface area contributed by atoms with E-state index in [1.54, 1.807) is 11.3 Å². The number of hydrogen-bond acceptors (Lipinski definition) is 3. The van der Waals surface area contributed by atoms with E-state index in [4.69, 9.17) is 0 Å². The highest BCUT2D eigenvalue weighted by Crippen LogP contribution is 2.21. The van der Waals surface area contributed by atoms with E-state index in [0.29, 0.717) is 13.0 Å². The summed E-state index contributed by atoms with van der Waals surface area (Å²) in [5.74, 6) is 0.169. The van der Waals surface area contributed by atoms with Gasteiger partial charge in [-0.15, -0.1) is 11.3 Å². The Balaban J connectivity index is 1.76. The quantitative estimate of drug-likeness (QED) is 0.735. The van der Waals surface area contributed by atoms with E-state index in [2.05, 4.69) is 46.9 Å². The number of nitrogens with one attached hydrogen (secondary N) is 1. The second kappa shape index (κ2) is 8.69. The summed E-state index contributed by atoms with van der Waals surface area (Å²) in [6, 6.07) is 8.44. The molecule has 3 nitrogen and oxygen atoms in total. The minimum Gasteiger partial charge on any atom is -0.356 e. The van der Waals surface area contributed by atoms with Crippen molar-refractivity contribution < 1.29 is 4.79 Å². The zero-order valence-corrected chi connectivity index (χ0v) is 14.2. The van der Waals surface area contributed by atoms with Crippen LogP contribution in [0.4, 0.5) is 0 Å². The predicted molar refractivity (Wildman–Crippen MR) is 93.1 cm³/mol. The van der Waals surface area contributed by atoms with E-state index in [0.717, 1.165) is 41.9 Å². The molecule has 1 heterocycles. The van der Waals surface area contributed by atoms with Crippen LogP contribution in [0.3, 0.4) is 0 Å². The summed E-state index contributed by atoms with van der Waals surface area (Å²) in [7, 11) is 0. The Morgan fingerprint density at radius 2 is 2.00 bits per heavy atom. The van der Waals surface area contributed by atoms with E-state index in [9.17, 15) is 4.79 Å². The van der Waals surface area contributed by atoms with Crippen molar-refractivity contribution in [2.45, 2.75) is 46.0 Å². The Labute approximate surface area is 136 Å². The molecule has 0 atom stereocenters. The van der Waals surface area contributed by atoms with Gasteiger partial charge in [0.2, 0.25) is 5.91 Å². The van der Waals surface area contributed by atoms with E-state index in [-0.39, 0.29) is 5.91 Å². The molecule has 0 radical (unpaired) electrons. The number of amides is 1. The number of carbonyl (C=O) groups is 1. The van der Waals surface area contributed by atoms with Gasteiger partial charge in [0, 0.05) is 23.9 Å². The summed E-state index contributed by atoms with van der Waals surface area (Å²) in [6.07, 6.45) is 4.79. The minimum atomic E-state index is 0.169. The number of unbranched alkanes of at least 4 members (excludes halogenated alkanes) is 2. The lowest BCUT2D eigenvalue weighted by molar-refractivity contribution is -0.121. The zero-order valence-electron chi connectivity index (χ0n) is 13.4. The Kier molecular flexibility index (Phi) is 6.59. The maximum Gasteiger partial charge on any atom is 0.220 e. The summed E-state index contributed by atoms with van der Waals surface area (Å²) >= 11 is 1.67. The maximum atomic E-state index is 11.6. The normalized spacial score (nSPS) is 10.6. The third-order valence-electron chi connectivity index (χ3n) is 3.61. The van der Waals surface area contributed by atoms with Gasteiger partial charge in [-0.25, -0.2) is 4.98 Å². The van der Waals surface area contributed by atoms with Crippen molar-refractivity contribution >= 4 is 17.2 Å². The van der Waals surface area contributed by atoms with Crippen molar-refractivity contribution in [1.82, 2.24) is 10.3 Å². The highest BCUT2D eigenvalue weighted by Gasteiger charge is 2.03. The van der Waals surface area contributed by atoms with Gasteiger partial charge >= 0.3 is 0 Å². The van der Waals surface area contributed by atoms with Crippen LogP contribution in [0.15, 0.2) is 29.6 Å². The van der Waals surface area contributed by atoms with Gasteiger partial charge in [-0.3, -0.25) is 4.79 Å². The van der Waals surface area contributed by atoms with Crippen LogP contribution < -0.4 is 5.32 Å². The molecule has 0 saturated carbocycles. The minimum absolute atomic E-state index is 0.169. The van der Waals surface area contributed by atoms with Crippen molar-refractivity contribution in [3.63, 3.8) is 0 Å². The molecule has 2 aromatic rings. The molecule has 1 amide bonds. The lowest BCUT2D eigenvalue weighted by Gasteiger charge is -2.06. The van der Waals surface area contributed by atoms with E-state index < -0.39 is 0 Å². The molecule has 0 aliphatic heterocycles. The molecule has 0 unspecified atom stereocenters. The largest absolute Gasteiger partial charge is 0.356 e. The fraction of sp³-hybridized carbons (Fsp3) is 0.444. The zero-order chi connectivity index (χ0) is 15.8. The van der Waals surface area contributed by atoms with Crippen LogP contribution in [-0.4, -0.2) is 17.4 Å². The molecule has 1 aromatic heterocycles. The molecule has 2 rings (SSSR count). The van der Waals surface area contributed by atoms with Gasteiger partial charge in [0.25, 0.3) is 0 Å². The number of aromatic nitrogens is 1. The van der Waals surface area contributed by atoms with Crippen LogP contribution in [0, 0.1) is 6.92 Å². The number of carbonyl (C=O) groups excluding carboxylic acids is 1. The molecular formula is C18H24N2OS. The van der Waals surface area contributed by atoms with Crippen molar-refractivity contribution in [3.8, 4) is 11.3 Å². The molecule has 0 bridgehead atoms. The Morgan fingerprint density at radius 1 is 1.23 bits per heavy atom. The molecule has 4 heteroatoms. The molecule has 1 aromatic carbocycles. The number of hydrogen-bond donors (Lipinski definition) is 1. The lowest BCUT2D eigenvalue weighted by Crippen LogP contribution is -2.25. The first-order valence-electron chi connectivity index (χ1n) is 7.97. The fourth-order valence-electron chi connectivity index (χ4n) is 2.31. The molecule has 0 aliphatic rings. The van der Waals surface area contributed by atoms with Gasteiger partial charge in [0.15, 0.2) is 0 Å². The molecule has 1 N–H and O–H groups in total. The number of thiazole rings is 1. The third kappa shape index (κ3) is 5.26. The number of benzene rings is 1. The number of rotatable bonds is 8. The van der Waals surface area contributed by atoms with Crippen molar-refractivity contribution in [3.05, 3.63) is 40.2 Å². The second-order valence-electron chi connectivity index (χ2n) is 5.51. The first-order valence-corrected chi connectivity index (χ1v) is 8.85. The molecule has 22 heavy (non-hydrogen) atoms. The molecule has 0 fully saturated rings. The smallest absolute Gasteiger partial charge is 0.220 e. The van der Waals surface area contributed by atoms with Crippen LogP contribution in [0.25, 0.3) is 11.3 Å². The second-order valence-corrected chi connectivity index (χ2v) is 6.57. The van der Waals surface area contributed by atoms with Crippen molar-refractivity contribution in [1.29, 1.82) is 0 Å². The van der Waals surface area contributed by atoms with Crippen LogP contribution in [0.1, 0.15) is 43.2 Å². The molecule has 0 saturated heterocycles. The number of aryl methyl sites for hydroxylation is 1. The average molecular weight is 316 g/mol. The standard InChI is InChI=1S/C18H24N2OS/c1-3-4-5-6-18(21)19-12-11-15-7-9-16(10-8-15)17-13-22-14(2)20-17/h7-10,13H,3-6,11-12H2,1-2H3,(H,19,21). The first kappa shape index (κ1) is 16.7. The molecule has 0 spiro atoms. The monoisotopic (exact) mass is 316 g/mol. The fourth-order valence-corrected chi connectivity index (χ4v) is 2.93. The summed E-state index contributed by atoms with van der Waals surface area (Å²) < 4.78 is 0. The Bertz CT molecular complexity index is 589. The summed E-state index contributed by atoms with van der Waals surface area (Å²) in [6.45, 7) is 4.88. The van der Waals surface area contributed by atoms with Crippen LogP contribution >= 0.6 is 11.3 Å². The lowest BCUT2D eigenvalue weighted by atomic mass is 10.1. The summed E-state index contributed by atoms with van der Waals surface area (Å²) in [5, 5.41) is 6.16. The maximum absolute atomic E-state index is 11.6. The van der Waals surface area contributed by atoms with Crippen molar-refractivity contribution in [2.24, 2.45) is 0 Å². The highest BCUT2D eigenvalue weighted by molar-refractivity contribution is 7.09. The van der Waals surface area contributed by atoms with Gasteiger partial charge in [-0.2, -0.15) is 0 Å². The van der Waals surface area contributed by atoms with Gasteiger partial charge in [0.1, 0.15) is 0 Å². The molecular weight excluding hydrogens is 292 g/mol. The summed E-state index contributed by atoms with van der Waals surface area (Å²) in [4.78, 5) is 16.1. The van der Waals surface area contributed by atoms with E-state index in [1.165, 1.54) is 5.56 Å². The van der Waals surface area contributed by atoms with Gasteiger partial charge in [-0.1, -0.05) is 44.0 Å². The third-order valence-corrected chi connectivity index (χ3v) is 4.39. The summed E-state index contributed by atoms with van der Waals surface area (Å²) in [5.41, 5.74) is 3.43. The van der Waals surface area contributed by atoms with Gasteiger partial charge in [-0.05, 0) is 25.3 Å². The van der Waals surface area contributed by atoms with Crippen LogP contribution in [-0.2, 0) is 11.2 Å². The molecule has 0 aliphatic carbocycles.